The van der Waals surface area contributed by atoms with Gasteiger partial charge in [0, 0.05) is 12.5 Å². The average molecular weight is 215 g/mol. The van der Waals surface area contributed by atoms with Crippen LogP contribution in [-0.2, 0) is 12.5 Å². The Morgan fingerprint density at radius 3 is 2.21 bits per heavy atom. The zero-order valence-corrected chi connectivity index (χ0v) is 9.44. The van der Waals surface area contributed by atoms with E-state index >= 15 is 0 Å². The molecule has 0 aliphatic carbocycles. The fourth-order valence-electron chi connectivity index (χ4n) is 1.44. The summed E-state index contributed by atoms with van der Waals surface area (Å²) < 4.78 is 1.41. The molecule has 0 spiro atoms. The van der Waals surface area contributed by atoms with E-state index in [1.165, 1.54) is 4.57 Å². The lowest BCUT2D eigenvalue weighted by molar-refractivity contribution is 0.0698. The van der Waals surface area contributed by atoms with E-state index < -0.39 is 5.97 Å². The first kappa shape index (κ1) is 11.0. The Kier molecular flexibility index (Phi) is 2.54. The number of aromatic nitrogens is 1. The van der Waals surface area contributed by atoms with Crippen molar-refractivity contribution in [3.63, 3.8) is 0 Å². The minimum atomic E-state index is -1.03. The first-order valence-electron chi connectivity index (χ1n) is 4.18. The highest BCUT2D eigenvalue weighted by molar-refractivity contribution is 7.11. The van der Waals surface area contributed by atoms with Gasteiger partial charge in [-0.2, -0.15) is 0 Å². The maximum Gasteiger partial charge on any atom is 0.347 e. The lowest BCUT2D eigenvalue weighted by Gasteiger charge is -2.19. The minimum Gasteiger partial charge on any atom is -0.477 e. The van der Waals surface area contributed by atoms with E-state index in [0.29, 0.717) is 5.69 Å². The lowest BCUT2D eigenvalue weighted by atomic mass is 9.91. The van der Waals surface area contributed by atoms with E-state index in [4.69, 9.17) is 5.11 Å². The first-order valence-corrected chi connectivity index (χ1v) is 5.00. The third kappa shape index (κ3) is 1.72. The molecule has 0 unspecified atom stereocenters. The van der Waals surface area contributed by atoms with Crippen LogP contribution in [0.15, 0.2) is 4.79 Å². The van der Waals surface area contributed by atoms with Crippen LogP contribution in [-0.4, -0.2) is 15.6 Å². The molecular weight excluding hydrogens is 202 g/mol. The molecule has 0 amide bonds. The number of carboxylic acid groups (broad SMARTS) is 1. The number of carbonyl (C=O) groups is 1. The molecule has 0 aromatic carbocycles. The molecule has 0 atom stereocenters. The molecule has 1 rings (SSSR count). The van der Waals surface area contributed by atoms with E-state index in [9.17, 15) is 9.59 Å². The lowest BCUT2D eigenvalue weighted by Crippen LogP contribution is -2.23. The van der Waals surface area contributed by atoms with Gasteiger partial charge in [0.15, 0.2) is 0 Å². The van der Waals surface area contributed by atoms with E-state index in [-0.39, 0.29) is 15.2 Å². The molecule has 1 aromatic heterocycles. The molecule has 0 bridgehead atoms. The van der Waals surface area contributed by atoms with Crippen LogP contribution in [0.3, 0.4) is 0 Å². The summed E-state index contributed by atoms with van der Waals surface area (Å²) in [5.41, 5.74) is 0.252. The highest BCUT2D eigenvalue weighted by atomic mass is 32.1. The second-order valence-electron chi connectivity index (χ2n) is 4.16. The van der Waals surface area contributed by atoms with Crippen molar-refractivity contribution in [2.24, 2.45) is 7.05 Å². The van der Waals surface area contributed by atoms with E-state index in [1.807, 2.05) is 20.8 Å². The molecule has 78 valence electrons. The summed E-state index contributed by atoms with van der Waals surface area (Å²) >= 11 is 0.784. The van der Waals surface area contributed by atoms with E-state index in [2.05, 4.69) is 0 Å². The van der Waals surface area contributed by atoms with Crippen molar-refractivity contribution < 1.29 is 9.90 Å². The third-order valence-corrected chi connectivity index (χ3v) is 2.94. The number of thiazole rings is 1. The molecule has 1 N–H and O–H groups in total. The molecule has 14 heavy (non-hydrogen) atoms. The SMILES string of the molecule is Cn1c(C(C)(C)C)c(C(=O)O)sc1=O. The summed E-state index contributed by atoms with van der Waals surface area (Å²) in [6.45, 7) is 5.67. The van der Waals surface area contributed by atoms with Crippen LogP contribution < -0.4 is 4.87 Å². The van der Waals surface area contributed by atoms with Crippen molar-refractivity contribution in [3.8, 4) is 0 Å². The van der Waals surface area contributed by atoms with Crippen molar-refractivity contribution in [3.05, 3.63) is 20.2 Å². The van der Waals surface area contributed by atoms with Crippen LogP contribution in [0, 0.1) is 0 Å². The van der Waals surface area contributed by atoms with E-state index in [0.717, 1.165) is 11.3 Å². The maximum absolute atomic E-state index is 11.3. The number of aromatic carboxylic acids is 1. The Morgan fingerprint density at radius 2 is 1.93 bits per heavy atom. The van der Waals surface area contributed by atoms with Crippen molar-refractivity contribution in [2.45, 2.75) is 26.2 Å². The van der Waals surface area contributed by atoms with Gasteiger partial charge >= 0.3 is 10.8 Å². The standard InChI is InChI=1S/C9H13NO3S/c1-9(2,3)6-5(7(11)12)14-8(13)10(6)4/h1-4H3,(H,11,12). The molecule has 5 heteroatoms. The fourth-order valence-corrected chi connectivity index (χ4v) is 2.47. The number of rotatable bonds is 1. The van der Waals surface area contributed by atoms with Gasteiger partial charge in [-0.15, -0.1) is 0 Å². The zero-order chi connectivity index (χ0) is 11.1. The second kappa shape index (κ2) is 3.24. The number of hydrogen-bond donors (Lipinski definition) is 1. The normalized spacial score (nSPS) is 11.7. The van der Waals surface area contributed by atoms with Crippen molar-refractivity contribution >= 4 is 17.3 Å². The number of nitrogens with zero attached hydrogens (tertiary/aromatic N) is 1. The topological polar surface area (TPSA) is 59.3 Å². The molecule has 0 saturated heterocycles. The van der Waals surface area contributed by atoms with Gasteiger partial charge in [0.2, 0.25) is 0 Å². The van der Waals surface area contributed by atoms with Gasteiger partial charge in [0.25, 0.3) is 0 Å². The van der Waals surface area contributed by atoms with Crippen LogP contribution in [0.25, 0.3) is 0 Å². The Bertz CT molecular complexity index is 422. The predicted molar refractivity (Wildman–Crippen MR) is 55.2 cm³/mol. The summed E-state index contributed by atoms with van der Waals surface area (Å²) in [6.07, 6.45) is 0. The smallest absolute Gasteiger partial charge is 0.347 e. The van der Waals surface area contributed by atoms with Crippen LogP contribution in [0.5, 0.6) is 0 Å². The first-order chi connectivity index (χ1) is 6.25. The highest BCUT2D eigenvalue weighted by Gasteiger charge is 2.27. The number of carboxylic acids is 1. The molecule has 0 saturated carbocycles. The van der Waals surface area contributed by atoms with Crippen LogP contribution in [0.4, 0.5) is 0 Å². The van der Waals surface area contributed by atoms with Gasteiger partial charge in [0.05, 0.1) is 5.69 Å². The largest absolute Gasteiger partial charge is 0.477 e. The van der Waals surface area contributed by atoms with Crippen molar-refractivity contribution in [2.75, 3.05) is 0 Å². The van der Waals surface area contributed by atoms with Crippen molar-refractivity contribution in [1.82, 2.24) is 4.57 Å². The molecule has 0 aliphatic heterocycles. The summed E-state index contributed by atoms with van der Waals surface area (Å²) in [5, 5.41) is 8.92. The summed E-state index contributed by atoms with van der Waals surface area (Å²) in [4.78, 5) is 22.1. The molecule has 0 fully saturated rings. The van der Waals surface area contributed by atoms with Gasteiger partial charge in [-0.05, 0) is 0 Å². The minimum absolute atomic E-state index is 0.144. The Balaban J connectivity index is 3.54. The van der Waals surface area contributed by atoms with Gasteiger partial charge in [-0.1, -0.05) is 32.1 Å². The summed E-state index contributed by atoms with van der Waals surface area (Å²) in [7, 11) is 1.60. The second-order valence-corrected chi connectivity index (χ2v) is 5.12. The highest BCUT2D eigenvalue weighted by Crippen LogP contribution is 2.26. The maximum atomic E-state index is 11.3. The van der Waals surface area contributed by atoms with Gasteiger partial charge < -0.3 is 9.67 Å². The van der Waals surface area contributed by atoms with E-state index in [1.54, 1.807) is 7.05 Å². The molecule has 0 radical (unpaired) electrons. The van der Waals surface area contributed by atoms with Crippen LogP contribution >= 0.6 is 11.3 Å². The van der Waals surface area contributed by atoms with Gasteiger partial charge in [-0.25, -0.2) is 4.79 Å². The Morgan fingerprint density at radius 1 is 1.43 bits per heavy atom. The molecule has 0 aliphatic rings. The summed E-state index contributed by atoms with van der Waals surface area (Å²) in [5.74, 6) is -1.03. The van der Waals surface area contributed by atoms with Crippen LogP contribution in [0.2, 0.25) is 0 Å². The molecule has 1 aromatic rings. The van der Waals surface area contributed by atoms with Crippen LogP contribution in [0.1, 0.15) is 36.1 Å². The molecular formula is C9H13NO3S. The quantitative estimate of drug-likeness (QED) is 0.771. The monoisotopic (exact) mass is 215 g/mol. The molecule has 1 heterocycles. The fraction of sp³-hybridized carbons (Fsp3) is 0.556. The van der Waals surface area contributed by atoms with Gasteiger partial charge in [-0.3, -0.25) is 4.79 Å². The summed E-state index contributed by atoms with van der Waals surface area (Å²) in [6, 6.07) is 0. The number of hydrogen-bond acceptors (Lipinski definition) is 3. The molecule has 4 nitrogen and oxygen atoms in total. The predicted octanol–water partition coefficient (Wildman–Crippen LogP) is 1.44. The van der Waals surface area contributed by atoms with Crippen molar-refractivity contribution in [1.29, 1.82) is 0 Å². The third-order valence-electron chi connectivity index (χ3n) is 1.92. The Hall–Kier alpha value is -1.10. The van der Waals surface area contributed by atoms with Gasteiger partial charge in [0.1, 0.15) is 4.88 Å². The Labute approximate surface area is 85.8 Å². The zero-order valence-electron chi connectivity index (χ0n) is 8.62. The average Bonchev–Trinajstić information content (AvgIpc) is 2.27.